The fraction of sp³-hybridized carbons (Fsp3) is 0.294. The lowest BCUT2D eigenvalue weighted by Gasteiger charge is -2.06. The highest BCUT2D eigenvalue weighted by Crippen LogP contribution is 2.28. The number of hydrogen-bond acceptors (Lipinski definition) is 4. The molecule has 0 atom stereocenters. The Morgan fingerprint density at radius 3 is 2.96 bits per heavy atom. The fourth-order valence-electron chi connectivity index (χ4n) is 2.56. The van der Waals surface area contributed by atoms with Crippen LogP contribution in [0.15, 0.2) is 22.8 Å². The number of anilines is 1. The molecule has 0 spiro atoms. The van der Waals surface area contributed by atoms with Crippen LogP contribution in [0.1, 0.15) is 30.4 Å². The van der Waals surface area contributed by atoms with Gasteiger partial charge in [0, 0.05) is 5.56 Å². The zero-order valence-corrected chi connectivity index (χ0v) is 14.2. The molecule has 0 aromatic carbocycles. The van der Waals surface area contributed by atoms with Crippen LogP contribution >= 0.6 is 11.6 Å². The van der Waals surface area contributed by atoms with Gasteiger partial charge in [0.1, 0.15) is 17.0 Å². The van der Waals surface area contributed by atoms with Crippen molar-refractivity contribution in [3.8, 4) is 11.8 Å². The van der Waals surface area contributed by atoms with Crippen molar-refractivity contribution < 1.29 is 13.2 Å². The van der Waals surface area contributed by atoms with Crippen molar-refractivity contribution in [2.24, 2.45) is 0 Å². The van der Waals surface area contributed by atoms with E-state index in [1.165, 1.54) is 4.52 Å². The molecule has 3 heterocycles. The normalized spacial score (nSPS) is 10.7. The summed E-state index contributed by atoms with van der Waals surface area (Å²) in [6.45, 7) is 1.39. The van der Waals surface area contributed by atoms with E-state index < -0.39 is 12.5 Å². The zero-order valence-electron chi connectivity index (χ0n) is 13.4. The van der Waals surface area contributed by atoms with Gasteiger partial charge in [-0.3, -0.25) is 4.39 Å². The van der Waals surface area contributed by atoms with Gasteiger partial charge in [-0.05, 0) is 49.4 Å². The molecule has 3 aromatic rings. The molecule has 0 saturated heterocycles. The summed E-state index contributed by atoms with van der Waals surface area (Å²) in [6.07, 6.45) is 1.95. The van der Waals surface area contributed by atoms with E-state index in [2.05, 4.69) is 27.2 Å². The first kappa shape index (κ1) is 17.2. The Labute approximate surface area is 148 Å². The first-order valence-electron chi connectivity index (χ1n) is 7.67. The van der Waals surface area contributed by atoms with Crippen molar-refractivity contribution >= 4 is 22.9 Å². The van der Waals surface area contributed by atoms with Gasteiger partial charge in [0.15, 0.2) is 11.6 Å². The number of rotatable bonds is 6. The highest BCUT2D eigenvalue weighted by molar-refractivity contribution is 6.28. The number of fused-ring (bicyclic) bond motifs is 1. The summed E-state index contributed by atoms with van der Waals surface area (Å²) in [6, 6.07) is 3.53. The van der Waals surface area contributed by atoms with Gasteiger partial charge >= 0.3 is 0 Å². The van der Waals surface area contributed by atoms with Crippen LogP contribution in [0.5, 0.6) is 0 Å². The number of halogens is 3. The van der Waals surface area contributed by atoms with Crippen molar-refractivity contribution in [3.63, 3.8) is 0 Å². The lowest BCUT2D eigenvalue weighted by Crippen LogP contribution is -2.06. The molecule has 1 N–H and O–H groups in total. The molecule has 0 unspecified atom stereocenters. The van der Waals surface area contributed by atoms with Gasteiger partial charge in [-0.15, -0.1) is 5.10 Å². The summed E-state index contributed by atoms with van der Waals surface area (Å²) in [5.74, 6) is 5.91. The van der Waals surface area contributed by atoms with Gasteiger partial charge < -0.3 is 9.73 Å². The minimum absolute atomic E-state index is 0.0550. The number of aromatic nitrogens is 3. The Morgan fingerprint density at radius 2 is 2.28 bits per heavy atom. The van der Waals surface area contributed by atoms with Crippen molar-refractivity contribution in [1.82, 2.24) is 14.6 Å². The third-order valence-electron chi connectivity index (χ3n) is 3.61. The largest absolute Gasteiger partial charge is 0.467 e. The predicted molar refractivity (Wildman–Crippen MR) is 90.8 cm³/mol. The van der Waals surface area contributed by atoms with E-state index in [0.29, 0.717) is 23.6 Å². The quantitative estimate of drug-likeness (QED) is 0.672. The van der Waals surface area contributed by atoms with E-state index in [4.69, 9.17) is 16.0 Å². The molecule has 0 aliphatic carbocycles. The van der Waals surface area contributed by atoms with Gasteiger partial charge in [-0.2, -0.15) is 4.98 Å². The number of nitrogens with zero attached hydrogens (tertiary/aromatic N) is 3. The molecule has 0 saturated carbocycles. The second-order valence-electron chi connectivity index (χ2n) is 5.23. The summed E-state index contributed by atoms with van der Waals surface area (Å²) < 4.78 is 34.1. The Hall–Kier alpha value is -2.59. The van der Waals surface area contributed by atoms with Crippen LogP contribution in [0.3, 0.4) is 0 Å². The molecule has 0 radical (unpaired) electrons. The van der Waals surface area contributed by atoms with Crippen LogP contribution in [0.2, 0.25) is 5.28 Å². The van der Waals surface area contributed by atoms with Gasteiger partial charge in [0.2, 0.25) is 5.28 Å². The maximum atomic E-state index is 15.0. The molecule has 0 aliphatic heterocycles. The number of alkyl halides is 1. The summed E-state index contributed by atoms with van der Waals surface area (Å²) in [4.78, 5) is 4.07. The molecule has 0 bridgehead atoms. The van der Waals surface area contributed by atoms with E-state index in [1.807, 2.05) is 0 Å². The van der Waals surface area contributed by atoms with E-state index in [9.17, 15) is 8.78 Å². The second-order valence-corrected chi connectivity index (χ2v) is 5.57. The summed E-state index contributed by atoms with van der Waals surface area (Å²) >= 11 is 5.99. The SMILES string of the molecule is CC#Cc1c(CCCF)c(F)c2c(NCc3ccco3)nc(Cl)nn12. The maximum absolute atomic E-state index is 15.0. The molecule has 25 heavy (non-hydrogen) atoms. The Bertz CT molecular complexity index is 941. The lowest BCUT2D eigenvalue weighted by molar-refractivity contribution is 0.469. The molecule has 0 aliphatic rings. The number of furan rings is 1. The highest BCUT2D eigenvalue weighted by atomic mass is 35.5. The third-order valence-corrected chi connectivity index (χ3v) is 3.77. The average molecular weight is 365 g/mol. The molecule has 0 fully saturated rings. The van der Waals surface area contributed by atoms with Crippen LogP contribution in [0.4, 0.5) is 14.6 Å². The van der Waals surface area contributed by atoms with Gasteiger partial charge in [-0.1, -0.05) is 5.92 Å². The van der Waals surface area contributed by atoms with Crippen LogP contribution < -0.4 is 5.32 Å². The molecule has 3 aromatic heterocycles. The average Bonchev–Trinajstić information content (AvgIpc) is 3.19. The molecular formula is C17H15ClF2N4O. The third kappa shape index (κ3) is 3.44. The molecule has 5 nitrogen and oxygen atoms in total. The molecular weight excluding hydrogens is 350 g/mol. The molecule has 3 rings (SSSR count). The monoisotopic (exact) mass is 364 g/mol. The fourth-order valence-corrected chi connectivity index (χ4v) is 2.72. The smallest absolute Gasteiger partial charge is 0.243 e. The van der Waals surface area contributed by atoms with Gasteiger partial charge in [0.25, 0.3) is 0 Å². The number of nitrogens with one attached hydrogen (secondary N) is 1. The minimum Gasteiger partial charge on any atom is -0.467 e. The van der Waals surface area contributed by atoms with E-state index in [0.717, 1.165) is 0 Å². The first-order chi connectivity index (χ1) is 12.2. The van der Waals surface area contributed by atoms with Gasteiger partial charge in [0.05, 0.1) is 19.5 Å². The van der Waals surface area contributed by atoms with Crippen LogP contribution in [-0.2, 0) is 13.0 Å². The standard InChI is InChI=1S/C17H15ClF2N4O/c1-2-5-13-12(7-3-8-19)14(20)15-16(22-17(18)23-24(13)15)21-10-11-6-4-9-25-11/h4,6,9H,3,7-8,10H2,1H3,(H,21,22,23). The Morgan fingerprint density at radius 1 is 1.44 bits per heavy atom. The van der Waals surface area contributed by atoms with Crippen molar-refractivity contribution in [1.29, 1.82) is 0 Å². The maximum Gasteiger partial charge on any atom is 0.243 e. The Balaban J connectivity index is 2.11. The van der Waals surface area contributed by atoms with Crippen LogP contribution in [0.25, 0.3) is 5.52 Å². The molecule has 130 valence electrons. The van der Waals surface area contributed by atoms with Crippen LogP contribution in [0, 0.1) is 17.7 Å². The summed E-state index contributed by atoms with van der Waals surface area (Å²) in [7, 11) is 0. The van der Waals surface area contributed by atoms with E-state index in [1.54, 1.807) is 25.3 Å². The predicted octanol–water partition coefficient (Wildman–Crippen LogP) is 4.00. The molecule has 0 amide bonds. The highest BCUT2D eigenvalue weighted by Gasteiger charge is 2.22. The summed E-state index contributed by atoms with van der Waals surface area (Å²) in [5, 5.41) is 7.00. The zero-order chi connectivity index (χ0) is 17.8. The van der Waals surface area contributed by atoms with Crippen LogP contribution in [-0.4, -0.2) is 21.3 Å². The first-order valence-corrected chi connectivity index (χ1v) is 8.05. The molecule has 8 heteroatoms. The lowest BCUT2D eigenvalue weighted by atomic mass is 10.1. The van der Waals surface area contributed by atoms with E-state index >= 15 is 0 Å². The van der Waals surface area contributed by atoms with Gasteiger partial charge in [-0.25, -0.2) is 8.91 Å². The van der Waals surface area contributed by atoms with Crippen molar-refractivity contribution in [3.05, 3.63) is 46.5 Å². The Kier molecular flexibility index (Phi) is 5.19. The number of hydrogen-bond donors (Lipinski definition) is 1. The minimum atomic E-state index is -0.541. The second kappa shape index (κ2) is 7.53. The summed E-state index contributed by atoms with van der Waals surface area (Å²) in [5.41, 5.74) is 0.793. The van der Waals surface area contributed by atoms with Crippen molar-refractivity contribution in [2.75, 3.05) is 12.0 Å². The van der Waals surface area contributed by atoms with E-state index in [-0.39, 0.29) is 29.5 Å². The van der Waals surface area contributed by atoms with Crippen molar-refractivity contribution in [2.45, 2.75) is 26.3 Å². The topological polar surface area (TPSA) is 55.4 Å².